The van der Waals surface area contributed by atoms with Crippen LogP contribution < -0.4 is 0 Å². The molecule has 0 aliphatic heterocycles. The predicted octanol–water partition coefficient (Wildman–Crippen LogP) is 2.00. The maximum absolute atomic E-state index is 11.3. The van der Waals surface area contributed by atoms with E-state index in [4.69, 9.17) is 11.6 Å². The molecule has 2 rings (SSSR count). The molecule has 0 bridgehead atoms. The third kappa shape index (κ3) is 1.83. The van der Waals surface area contributed by atoms with E-state index >= 15 is 0 Å². The normalized spacial score (nSPS) is 11.9. The molecule has 0 unspecified atom stereocenters. The number of fused-ring (bicyclic) bond motifs is 1. The quantitative estimate of drug-likeness (QED) is 0.794. The van der Waals surface area contributed by atoms with Crippen molar-refractivity contribution in [3.8, 4) is 5.75 Å². The van der Waals surface area contributed by atoms with Crippen molar-refractivity contribution in [1.29, 1.82) is 0 Å². The van der Waals surface area contributed by atoms with Crippen molar-refractivity contribution in [2.45, 2.75) is 4.90 Å². The van der Waals surface area contributed by atoms with Crippen LogP contribution in [0.3, 0.4) is 0 Å². The molecule has 1 heterocycles. The Kier molecular flexibility index (Phi) is 2.52. The van der Waals surface area contributed by atoms with Crippen molar-refractivity contribution in [2.24, 2.45) is 0 Å². The molecule has 1 aromatic carbocycles. The standard InChI is InChI=1S/C10H8ClNO3S/c1-16(14,15)6-2-3-7-8(4-6)10(11)12-5-9(7)13/h2-5,13H,1H3. The van der Waals surface area contributed by atoms with Gasteiger partial charge in [0.15, 0.2) is 9.84 Å². The number of pyridine rings is 1. The molecule has 84 valence electrons. The summed E-state index contributed by atoms with van der Waals surface area (Å²) >= 11 is 5.83. The van der Waals surface area contributed by atoms with Gasteiger partial charge in [-0.25, -0.2) is 13.4 Å². The third-order valence-corrected chi connectivity index (χ3v) is 3.63. The van der Waals surface area contributed by atoms with E-state index in [-0.39, 0.29) is 15.8 Å². The van der Waals surface area contributed by atoms with Gasteiger partial charge in [-0.2, -0.15) is 0 Å². The van der Waals surface area contributed by atoms with Gasteiger partial charge in [0.05, 0.1) is 11.1 Å². The zero-order chi connectivity index (χ0) is 11.9. The van der Waals surface area contributed by atoms with Gasteiger partial charge in [0.1, 0.15) is 10.9 Å². The molecule has 0 aliphatic rings. The van der Waals surface area contributed by atoms with E-state index in [0.29, 0.717) is 10.8 Å². The fourth-order valence-corrected chi connectivity index (χ4v) is 2.26. The van der Waals surface area contributed by atoms with Gasteiger partial charge >= 0.3 is 0 Å². The summed E-state index contributed by atoms with van der Waals surface area (Å²) in [6.45, 7) is 0. The van der Waals surface area contributed by atoms with Crippen LogP contribution in [0.1, 0.15) is 0 Å². The highest BCUT2D eigenvalue weighted by Crippen LogP contribution is 2.30. The summed E-state index contributed by atoms with van der Waals surface area (Å²) in [6, 6.07) is 4.34. The number of hydrogen-bond donors (Lipinski definition) is 1. The number of benzene rings is 1. The second kappa shape index (κ2) is 3.61. The van der Waals surface area contributed by atoms with Crippen LogP contribution in [-0.4, -0.2) is 24.8 Å². The van der Waals surface area contributed by atoms with E-state index in [9.17, 15) is 13.5 Å². The van der Waals surface area contributed by atoms with Gasteiger partial charge in [-0.05, 0) is 18.2 Å². The van der Waals surface area contributed by atoms with Crippen molar-refractivity contribution in [3.05, 3.63) is 29.5 Å². The minimum Gasteiger partial charge on any atom is -0.506 e. The third-order valence-electron chi connectivity index (χ3n) is 2.22. The first-order chi connectivity index (χ1) is 7.39. The fourth-order valence-electron chi connectivity index (χ4n) is 1.40. The lowest BCUT2D eigenvalue weighted by Crippen LogP contribution is -1.96. The van der Waals surface area contributed by atoms with E-state index in [0.717, 1.165) is 6.26 Å². The van der Waals surface area contributed by atoms with Gasteiger partial charge in [-0.3, -0.25) is 0 Å². The highest BCUT2D eigenvalue weighted by molar-refractivity contribution is 7.90. The Morgan fingerprint density at radius 2 is 2.00 bits per heavy atom. The van der Waals surface area contributed by atoms with Gasteiger partial charge in [0.2, 0.25) is 0 Å². The number of aromatic hydroxyl groups is 1. The second-order valence-corrected chi connectivity index (χ2v) is 5.79. The number of sulfone groups is 1. The summed E-state index contributed by atoms with van der Waals surface area (Å²) in [5.41, 5.74) is 0. The lowest BCUT2D eigenvalue weighted by atomic mass is 10.2. The fraction of sp³-hybridized carbons (Fsp3) is 0.100. The van der Waals surface area contributed by atoms with Gasteiger partial charge in [-0.15, -0.1) is 0 Å². The summed E-state index contributed by atoms with van der Waals surface area (Å²) in [5, 5.41) is 10.6. The molecular weight excluding hydrogens is 250 g/mol. The van der Waals surface area contributed by atoms with Crippen LogP contribution >= 0.6 is 11.6 Å². The molecule has 0 fully saturated rings. The molecule has 4 nitrogen and oxygen atoms in total. The smallest absolute Gasteiger partial charge is 0.175 e. The second-order valence-electron chi connectivity index (χ2n) is 3.41. The highest BCUT2D eigenvalue weighted by Gasteiger charge is 2.11. The van der Waals surface area contributed by atoms with Crippen molar-refractivity contribution in [2.75, 3.05) is 6.26 Å². The minimum atomic E-state index is -3.29. The molecule has 2 aromatic rings. The van der Waals surface area contributed by atoms with Crippen LogP contribution in [0.25, 0.3) is 10.8 Å². The van der Waals surface area contributed by atoms with E-state index < -0.39 is 9.84 Å². The number of halogens is 1. The Morgan fingerprint density at radius 3 is 2.62 bits per heavy atom. The maximum atomic E-state index is 11.3. The topological polar surface area (TPSA) is 67.3 Å². The number of nitrogens with zero attached hydrogens (tertiary/aromatic N) is 1. The maximum Gasteiger partial charge on any atom is 0.175 e. The molecule has 0 atom stereocenters. The Morgan fingerprint density at radius 1 is 1.31 bits per heavy atom. The van der Waals surface area contributed by atoms with Gasteiger partial charge in [0.25, 0.3) is 0 Å². The molecule has 0 spiro atoms. The molecule has 0 aliphatic carbocycles. The molecule has 16 heavy (non-hydrogen) atoms. The first-order valence-electron chi connectivity index (χ1n) is 4.37. The van der Waals surface area contributed by atoms with E-state index in [1.165, 1.54) is 24.4 Å². The largest absolute Gasteiger partial charge is 0.506 e. The van der Waals surface area contributed by atoms with Crippen molar-refractivity contribution < 1.29 is 13.5 Å². The van der Waals surface area contributed by atoms with Gasteiger partial charge < -0.3 is 5.11 Å². The molecule has 1 N–H and O–H groups in total. The molecule has 0 amide bonds. The predicted molar refractivity (Wildman–Crippen MR) is 61.5 cm³/mol. The van der Waals surface area contributed by atoms with Crippen molar-refractivity contribution in [3.63, 3.8) is 0 Å². The monoisotopic (exact) mass is 257 g/mol. The van der Waals surface area contributed by atoms with Crippen LogP contribution in [0.15, 0.2) is 29.3 Å². The summed E-state index contributed by atoms with van der Waals surface area (Å²) < 4.78 is 22.7. The Labute approximate surface area is 97.4 Å². The molecule has 0 saturated heterocycles. The zero-order valence-corrected chi connectivity index (χ0v) is 9.88. The van der Waals surface area contributed by atoms with Crippen LogP contribution in [0, 0.1) is 0 Å². The summed E-state index contributed by atoms with van der Waals surface area (Å²) in [5.74, 6) is -0.0283. The van der Waals surface area contributed by atoms with E-state index in [1.807, 2.05) is 0 Å². The highest BCUT2D eigenvalue weighted by atomic mass is 35.5. The first kappa shape index (κ1) is 11.2. The Hall–Kier alpha value is -1.33. The van der Waals surface area contributed by atoms with Gasteiger partial charge in [0, 0.05) is 17.0 Å². The number of rotatable bonds is 1. The SMILES string of the molecule is CS(=O)(=O)c1ccc2c(O)cnc(Cl)c2c1. The molecule has 0 radical (unpaired) electrons. The van der Waals surface area contributed by atoms with Crippen LogP contribution in [0.4, 0.5) is 0 Å². The average Bonchev–Trinajstić information content (AvgIpc) is 2.22. The lowest BCUT2D eigenvalue weighted by Gasteiger charge is -2.04. The van der Waals surface area contributed by atoms with Crippen LogP contribution in [-0.2, 0) is 9.84 Å². The zero-order valence-electron chi connectivity index (χ0n) is 8.31. The van der Waals surface area contributed by atoms with E-state index in [1.54, 1.807) is 0 Å². The Balaban J connectivity index is 2.86. The Bertz CT molecular complexity index is 667. The van der Waals surface area contributed by atoms with E-state index in [2.05, 4.69) is 4.98 Å². The molecular formula is C10H8ClNO3S. The molecule has 0 saturated carbocycles. The van der Waals surface area contributed by atoms with Crippen LogP contribution in [0.5, 0.6) is 5.75 Å². The summed E-state index contributed by atoms with van der Waals surface area (Å²) in [7, 11) is -3.29. The number of hydrogen-bond acceptors (Lipinski definition) is 4. The molecule has 6 heteroatoms. The van der Waals surface area contributed by atoms with Crippen LogP contribution in [0.2, 0.25) is 5.15 Å². The average molecular weight is 258 g/mol. The first-order valence-corrected chi connectivity index (χ1v) is 6.64. The minimum absolute atomic E-state index is 0.0283. The van der Waals surface area contributed by atoms with Crippen molar-refractivity contribution in [1.82, 2.24) is 4.98 Å². The molecule has 1 aromatic heterocycles. The lowest BCUT2D eigenvalue weighted by molar-refractivity contribution is 0.479. The number of aromatic nitrogens is 1. The van der Waals surface area contributed by atoms with Gasteiger partial charge in [-0.1, -0.05) is 11.6 Å². The van der Waals surface area contributed by atoms with Crippen molar-refractivity contribution >= 4 is 32.2 Å². The summed E-state index contributed by atoms with van der Waals surface area (Å²) in [6.07, 6.45) is 2.34. The summed E-state index contributed by atoms with van der Waals surface area (Å²) in [4.78, 5) is 3.90.